The number of aromatic amines is 1. The average molecular weight is 512 g/mol. The summed E-state index contributed by atoms with van der Waals surface area (Å²) in [6, 6.07) is 19.1. The molecule has 0 aliphatic heterocycles. The first-order valence-electron chi connectivity index (χ1n) is 11.9. The molecule has 0 unspecified atom stereocenters. The van der Waals surface area contributed by atoms with E-state index in [9.17, 15) is 24.6 Å². The Labute approximate surface area is 216 Å². The minimum Gasteiger partial charge on any atom is -0.548 e. The normalized spacial score (nSPS) is 12.8. The number of aliphatic carboxylic acids is 1. The monoisotopic (exact) mass is 511 g/mol. The Morgan fingerprint density at radius 2 is 1.84 bits per heavy atom. The van der Waals surface area contributed by atoms with E-state index in [-0.39, 0.29) is 23.5 Å². The highest BCUT2D eigenvalue weighted by molar-refractivity contribution is 5.94. The molecule has 0 bridgehead atoms. The zero-order chi connectivity index (χ0) is 26.8. The Bertz CT molecular complexity index is 1710. The van der Waals surface area contributed by atoms with Gasteiger partial charge in [-0.1, -0.05) is 30.3 Å². The van der Waals surface area contributed by atoms with Gasteiger partial charge in [0.15, 0.2) is 6.10 Å². The number of hydrogen-bond donors (Lipinski definition) is 3. The Hall–Kier alpha value is -5.05. The molecule has 192 valence electrons. The smallest absolute Gasteiger partial charge is 0.336 e. The van der Waals surface area contributed by atoms with Gasteiger partial charge in [-0.15, -0.1) is 0 Å². The van der Waals surface area contributed by atoms with Crippen molar-refractivity contribution in [1.82, 2.24) is 10.3 Å². The standard InChI is InChI=1S/C29H24N2O7/c1-16(28(34)31-25(29(35)36)11-18-15-30-24-10-7-19(32)12-23(18)24)37-20-8-9-21-22(17-5-3-2-4-6-17)14-27(33)38-26(21)13-20/h2-10,12-16,25,30,32H,11H2,1H3,(H,31,34)(H,35,36)/p-1/t16-,25+/m1/s1. The van der Waals surface area contributed by atoms with Crippen LogP contribution in [0.25, 0.3) is 33.0 Å². The van der Waals surface area contributed by atoms with E-state index in [0.717, 1.165) is 11.1 Å². The summed E-state index contributed by atoms with van der Waals surface area (Å²) in [6.07, 6.45) is 0.497. The minimum absolute atomic E-state index is 0.0384. The van der Waals surface area contributed by atoms with Gasteiger partial charge in [0.2, 0.25) is 0 Å². The summed E-state index contributed by atoms with van der Waals surface area (Å²) in [5, 5.41) is 25.4. The Morgan fingerprint density at radius 1 is 1.05 bits per heavy atom. The van der Waals surface area contributed by atoms with Gasteiger partial charge < -0.3 is 34.5 Å². The first-order valence-corrected chi connectivity index (χ1v) is 11.9. The zero-order valence-corrected chi connectivity index (χ0v) is 20.3. The van der Waals surface area contributed by atoms with E-state index in [1.54, 1.807) is 24.4 Å². The number of phenols is 1. The second kappa shape index (κ2) is 10.1. The van der Waals surface area contributed by atoms with Crippen molar-refractivity contribution < 1.29 is 29.0 Å². The molecule has 38 heavy (non-hydrogen) atoms. The summed E-state index contributed by atoms with van der Waals surface area (Å²) in [4.78, 5) is 39.8. The van der Waals surface area contributed by atoms with E-state index in [1.165, 1.54) is 31.2 Å². The minimum atomic E-state index is -1.46. The number of fused-ring (bicyclic) bond motifs is 2. The quantitative estimate of drug-likeness (QED) is 0.272. The van der Waals surface area contributed by atoms with E-state index in [2.05, 4.69) is 10.3 Å². The van der Waals surface area contributed by atoms with Crippen LogP contribution in [0.3, 0.4) is 0 Å². The lowest BCUT2D eigenvalue weighted by Gasteiger charge is -2.22. The van der Waals surface area contributed by atoms with Gasteiger partial charge in [0.25, 0.3) is 5.91 Å². The maximum Gasteiger partial charge on any atom is 0.336 e. The van der Waals surface area contributed by atoms with Crippen LogP contribution in [0.1, 0.15) is 12.5 Å². The topological polar surface area (TPSA) is 145 Å². The molecule has 0 saturated heterocycles. The van der Waals surface area contributed by atoms with E-state index in [0.29, 0.717) is 21.9 Å². The van der Waals surface area contributed by atoms with E-state index in [1.807, 2.05) is 30.3 Å². The second-order valence-electron chi connectivity index (χ2n) is 8.89. The molecule has 5 aromatic rings. The van der Waals surface area contributed by atoms with Gasteiger partial charge in [-0.2, -0.15) is 0 Å². The van der Waals surface area contributed by atoms with Gasteiger partial charge >= 0.3 is 5.63 Å². The van der Waals surface area contributed by atoms with Gasteiger partial charge in [-0.05, 0) is 53.9 Å². The molecule has 0 aliphatic carbocycles. The zero-order valence-electron chi connectivity index (χ0n) is 20.3. The molecule has 9 nitrogen and oxygen atoms in total. The number of carboxylic acid groups (broad SMARTS) is 1. The first kappa shape index (κ1) is 24.6. The van der Waals surface area contributed by atoms with E-state index in [4.69, 9.17) is 9.15 Å². The molecule has 2 heterocycles. The lowest BCUT2D eigenvalue weighted by atomic mass is 10.0. The molecule has 0 radical (unpaired) electrons. The molecule has 1 amide bonds. The molecular formula is C29H23N2O7-. The number of carbonyl (C=O) groups excluding carboxylic acids is 2. The van der Waals surface area contributed by atoms with Crippen LogP contribution >= 0.6 is 0 Å². The molecule has 3 aromatic carbocycles. The molecule has 0 spiro atoms. The number of amides is 1. The van der Waals surface area contributed by atoms with Gasteiger partial charge in [0, 0.05) is 41.0 Å². The largest absolute Gasteiger partial charge is 0.548 e. The lowest BCUT2D eigenvalue weighted by molar-refractivity contribution is -0.308. The van der Waals surface area contributed by atoms with Crippen molar-refractivity contribution in [3.63, 3.8) is 0 Å². The third kappa shape index (κ3) is 5.08. The molecule has 2 atom stereocenters. The molecule has 2 aromatic heterocycles. The maximum absolute atomic E-state index is 12.8. The van der Waals surface area contributed by atoms with Crippen molar-refractivity contribution in [3.8, 4) is 22.6 Å². The highest BCUT2D eigenvalue weighted by atomic mass is 16.5. The number of H-pyrrole nitrogens is 1. The predicted octanol–water partition coefficient (Wildman–Crippen LogP) is 2.89. The van der Waals surface area contributed by atoms with Crippen LogP contribution in [0.15, 0.2) is 88.2 Å². The number of hydrogen-bond acceptors (Lipinski definition) is 7. The fraction of sp³-hybridized carbons (Fsp3) is 0.138. The summed E-state index contributed by atoms with van der Waals surface area (Å²) in [7, 11) is 0. The summed E-state index contributed by atoms with van der Waals surface area (Å²) in [6.45, 7) is 1.48. The molecule has 9 heteroatoms. The molecule has 0 fully saturated rings. The molecule has 3 N–H and O–H groups in total. The van der Waals surface area contributed by atoms with Crippen molar-refractivity contribution in [2.75, 3.05) is 0 Å². The Morgan fingerprint density at radius 3 is 2.61 bits per heavy atom. The molecule has 0 aliphatic rings. The number of phenolic OH excluding ortho intramolecular Hbond substituents is 1. The molecular weight excluding hydrogens is 488 g/mol. The SMILES string of the molecule is C[C@@H](Oc1ccc2c(-c3ccccc3)cc(=O)oc2c1)C(=O)N[C@@H](Cc1c[nH]c2ccc(O)cc12)C(=O)[O-]. The number of nitrogens with one attached hydrogen (secondary N) is 2. The van der Waals surface area contributed by atoms with Crippen LogP contribution in [0.4, 0.5) is 0 Å². The third-order valence-electron chi connectivity index (χ3n) is 6.26. The van der Waals surface area contributed by atoms with Crippen LogP contribution in [-0.2, 0) is 16.0 Å². The number of ether oxygens (including phenoxy) is 1. The highest BCUT2D eigenvalue weighted by Crippen LogP contribution is 2.30. The van der Waals surface area contributed by atoms with Crippen LogP contribution < -0.4 is 20.8 Å². The number of carbonyl (C=O) groups is 2. The number of aromatic nitrogens is 1. The maximum atomic E-state index is 12.8. The third-order valence-corrected chi connectivity index (χ3v) is 6.26. The van der Waals surface area contributed by atoms with Crippen LogP contribution in [0.5, 0.6) is 11.5 Å². The van der Waals surface area contributed by atoms with E-state index < -0.39 is 29.6 Å². The van der Waals surface area contributed by atoms with Gasteiger partial charge in [-0.3, -0.25) is 4.79 Å². The second-order valence-corrected chi connectivity index (χ2v) is 8.89. The number of rotatable bonds is 8. The van der Waals surface area contributed by atoms with Crippen molar-refractivity contribution >= 4 is 33.7 Å². The number of benzene rings is 3. The molecule has 5 rings (SSSR count). The van der Waals surface area contributed by atoms with Crippen molar-refractivity contribution in [2.45, 2.75) is 25.5 Å². The Kier molecular flexibility index (Phi) is 6.57. The van der Waals surface area contributed by atoms with Crippen LogP contribution in [0.2, 0.25) is 0 Å². The van der Waals surface area contributed by atoms with Gasteiger partial charge in [-0.25, -0.2) is 4.79 Å². The van der Waals surface area contributed by atoms with Crippen LogP contribution in [0, 0.1) is 0 Å². The molecule has 0 saturated carbocycles. The van der Waals surface area contributed by atoms with Crippen molar-refractivity contribution in [2.24, 2.45) is 0 Å². The van der Waals surface area contributed by atoms with Crippen molar-refractivity contribution in [1.29, 1.82) is 0 Å². The first-order chi connectivity index (χ1) is 18.3. The Balaban J connectivity index is 1.32. The predicted molar refractivity (Wildman–Crippen MR) is 139 cm³/mol. The summed E-state index contributed by atoms with van der Waals surface area (Å²) in [5.74, 6) is -1.82. The lowest BCUT2D eigenvalue weighted by Crippen LogP contribution is -2.52. The average Bonchev–Trinajstić information content (AvgIpc) is 3.29. The van der Waals surface area contributed by atoms with Crippen LogP contribution in [-0.4, -0.2) is 34.1 Å². The highest BCUT2D eigenvalue weighted by Gasteiger charge is 2.22. The summed E-state index contributed by atoms with van der Waals surface area (Å²) < 4.78 is 11.1. The summed E-state index contributed by atoms with van der Waals surface area (Å²) in [5.41, 5.74) is 2.63. The van der Waals surface area contributed by atoms with Crippen molar-refractivity contribution in [3.05, 3.63) is 95.0 Å². The van der Waals surface area contributed by atoms with E-state index >= 15 is 0 Å². The number of carboxylic acids is 1. The van der Waals surface area contributed by atoms with Gasteiger partial charge in [0.1, 0.15) is 17.1 Å². The fourth-order valence-electron chi connectivity index (χ4n) is 4.37. The fourth-order valence-corrected chi connectivity index (χ4v) is 4.37. The summed E-state index contributed by atoms with van der Waals surface area (Å²) >= 11 is 0. The van der Waals surface area contributed by atoms with Gasteiger partial charge in [0.05, 0.1) is 12.0 Å². The number of aromatic hydroxyl groups is 1.